The third-order valence-corrected chi connectivity index (χ3v) is 2.83. The minimum absolute atomic E-state index is 0.483. The molecule has 0 spiro atoms. The van der Waals surface area contributed by atoms with Crippen LogP contribution in [0.15, 0.2) is 43.5 Å². The van der Waals surface area contributed by atoms with Crippen molar-refractivity contribution < 1.29 is 9.16 Å². The highest BCUT2D eigenvalue weighted by Gasteiger charge is 2.19. The van der Waals surface area contributed by atoms with Crippen molar-refractivity contribution in [3.8, 4) is 5.75 Å². The fourth-order valence-electron chi connectivity index (χ4n) is 1.40. The largest absolute Gasteiger partial charge is 0.544 e. The van der Waals surface area contributed by atoms with Crippen LogP contribution in [0.5, 0.6) is 5.75 Å². The normalized spacial score (nSPS) is 10.8. The molecule has 0 amide bonds. The van der Waals surface area contributed by atoms with Crippen molar-refractivity contribution in [2.75, 3.05) is 6.61 Å². The Hall–Kier alpha value is -1.48. The molecule has 3 heteroatoms. The molecule has 0 saturated carbocycles. The molecule has 1 aromatic carbocycles. The minimum atomic E-state index is -1.63. The molecule has 0 unspecified atom stereocenters. The molecule has 0 aliphatic rings. The van der Waals surface area contributed by atoms with E-state index >= 15 is 0 Å². The molecular formula is C14H20O2Si. The first kappa shape index (κ1) is 13.6. The Morgan fingerprint density at radius 1 is 1.29 bits per heavy atom. The SMILES string of the molecule is C=CCOc1ccccc1C(=C)O[Si](C)(C)C. The van der Waals surface area contributed by atoms with E-state index in [2.05, 4.69) is 32.8 Å². The first-order valence-electron chi connectivity index (χ1n) is 5.65. The Bertz CT molecular complexity index is 405. The van der Waals surface area contributed by atoms with E-state index in [4.69, 9.17) is 9.16 Å². The second-order valence-electron chi connectivity index (χ2n) is 4.73. The molecule has 0 aliphatic carbocycles. The van der Waals surface area contributed by atoms with Crippen molar-refractivity contribution in [1.82, 2.24) is 0 Å². The molecule has 92 valence electrons. The van der Waals surface area contributed by atoms with Crippen LogP contribution in [0.2, 0.25) is 19.6 Å². The summed E-state index contributed by atoms with van der Waals surface area (Å²) < 4.78 is 11.5. The highest BCUT2D eigenvalue weighted by Crippen LogP contribution is 2.27. The van der Waals surface area contributed by atoms with Crippen LogP contribution < -0.4 is 4.74 Å². The van der Waals surface area contributed by atoms with Crippen molar-refractivity contribution in [2.24, 2.45) is 0 Å². The van der Waals surface area contributed by atoms with Gasteiger partial charge in [0, 0.05) is 0 Å². The lowest BCUT2D eigenvalue weighted by atomic mass is 10.2. The highest BCUT2D eigenvalue weighted by molar-refractivity contribution is 6.70. The molecule has 2 nitrogen and oxygen atoms in total. The van der Waals surface area contributed by atoms with Gasteiger partial charge in [0.05, 0.1) is 5.56 Å². The lowest BCUT2D eigenvalue weighted by molar-refractivity contribution is 0.360. The van der Waals surface area contributed by atoms with Gasteiger partial charge in [0.2, 0.25) is 8.32 Å². The number of hydrogen-bond acceptors (Lipinski definition) is 2. The third-order valence-electron chi connectivity index (χ3n) is 1.97. The van der Waals surface area contributed by atoms with Crippen LogP contribution in [0.4, 0.5) is 0 Å². The molecule has 0 bridgehead atoms. The first-order chi connectivity index (χ1) is 7.94. The molecule has 0 saturated heterocycles. The van der Waals surface area contributed by atoms with Gasteiger partial charge in [-0.2, -0.15) is 0 Å². The van der Waals surface area contributed by atoms with Gasteiger partial charge in [-0.05, 0) is 31.8 Å². The summed E-state index contributed by atoms with van der Waals surface area (Å²) in [5.41, 5.74) is 0.914. The van der Waals surface area contributed by atoms with Crippen molar-refractivity contribution >= 4 is 14.1 Å². The minimum Gasteiger partial charge on any atom is -0.544 e. The average Bonchev–Trinajstić information content (AvgIpc) is 2.24. The maximum atomic E-state index is 5.88. The van der Waals surface area contributed by atoms with Gasteiger partial charge in [0.1, 0.15) is 18.1 Å². The first-order valence-corrected chi connectivity index (χ1v) is 9.06. The maximum absolute atomic E-state index is 5.88. The summed E-state index contributed by atoms with van der Waals surface area (Å²) in [4.78, 5) is 0. The standard InChI is InChI=1S/C14H20O2Si/c1-6-11-15-14-10-8-7-9-13(14)12(2)16-17(3,4)5/h6-10H,1-2,11H2,3-5H3. The molecule has 0 aromatic heterocycles. The summed E-state index contributed by atoms with van der Waals surface area (Å²) in [6.45, 7) is 14.5. The van der Waals surface area contributed by atoms with Gasteiger partial charge in [-0.1, -0.05) is 31.4 Å². The van der Waals surface area contributed by atoms with E-state index in [1.165, 1.54) is 0 Å². The van der Waals surface area contributed by atoms with Crippen LogP contribution in [-0.2, 0) is 4.43 Å². The summed E-state index contributed by atoms with van der Waals surface area (Å²) >= 11 is 0. The van der Waals surface area contributed by atoms with Gasteiger partial charge < -0.3 is 9.16 Å². The molecule has 0 aliphatic heterocycles. The van der Waals surface area contributed by atoms with Crippen molar-refractivity contribution in [3.63, 3.8) is 0 Å². The van der Waals surface area contributed by atoms with Gasteiger partial charge in [0.15, 0.2) is 0 Å². The monoisotopic (exact) mass is 248 g/mol. The van der Waals surface area contributed by atoms with E-state index in [-0.39, 0.29) is 0 Å². The Morgan fingerprint density at radius 3 is 2.53 bits per heavy atom. The van der Waals surface area contributed by atoms with Gasteiger partial charge in [-0.15, -0.1) is 0 Å². The predicted molar refractivity (Wildman–Crippen MR) is 75.6 cm³/mol. The van der Waals surface area contributed by atoms with Gasteiger partial charge in [-0.3, -0.25) is 0 Å². The Morgan fingerprint density at radius 2 is 1.94 bits per heavy atom. The third kappa shape index (κ3) is 4.49. The zero-order chi connectivity index (χ0) is 12.9. The summed E-state index contributed by atoms with van der Waals surface area (Å²) in [5, 5.41) is 0. The molecule has 0 atom stereocenters. The molecule has 1 aromatic rings. The summed E-state index contributed by atoms with van der Waals surface area (Å²) in [6.07, 6.45) is 1.72. The van der Waals surface area contributed by atoms with Crippen LogP contribution in [0.25, 0.3) is 5.76 Å². The lowest BCUT2D eigenvalue weighted by Crippen LogP contribution is -2.24. The second kappa shape index (κ2) is 5.73. The fraction of sp³-hybridized carbons (Fsp3) is 0.286. The van der Waals surface area contributed by atoms with E-state index in [1.807, 2.05) is 24.3 Å². The van der Waals surface area contributed by atoms with Crippen LogP contribution in [0.1, 0.15) is 5.56 Å². The maximum Gasteiger partial charge on any atom is 0.242 e. The second-order valence-corrected chi connectivity index (χ2v) is 9.16. The molecule has 1 rings (SSSR count). The van der Waals surface area contributed by atoms with Crippen molar-refractivity contribution in [1.29, 1.82) is 0 Å². The number of ether oxygens (including phenoxy) is 1. The topological polar surface area (TPSA) is 18.5 Å². The van der Waals surface area contributed by atoms with E-state index in [0.717, 1.165) is 11.3 Å². The quantitative estimate of drug-likeness (QED) is 0.429. The molecule has 0 fully saturated rings. The molecule has 0 N–H and O–H groups in total. The van der Waals surface area contributed by atoms with Crippen LogP contribution in [0, 0.1) is 0 Å². The lowest BCUT2D eigenvalue weighted by Gasteiger charge is -2.22. The molecule has 0 heterocycles. The van der Waals surface area contributed by atoms with Crippen LogP contribution >= 0.6 is 0 Å². The van der Waals surface area contributed by atoms with E-state index < -0.39 is 8.32 Å². The summed E-state index contributed by atoms with van der Waals surface area (Å²) in [5.74, 6) is 1.47. The average molecular weight is 248 g/mol. The van der Waals surface area contributed by atoms with E-state index in [0.29, 0.717) is 12.4 Å². The van der Waals surface area contributed by atoms with E-state index in [1.54, 1.807) is 6.08 Å². The fourth-order valence-corrected chi connectivity index (χ4v) is 2.25. The Labute approximate surface area is 105 Å². The number of para-hydroxylation sites is 1. The number of hydrogen-bond donors (Lipinski definition) is 0. The highest BCUT2D eigenvalue weighted by atomic mass is 28.4. The molecule has 17 heavy (non-hydrogen) atoms. The van der Waals surface area contributed by atoms with Gasteiger partial charge >= 0.3 is 0 Å². The predicted octanol–water partition coefficient (Wildman–Crippen LogP) is 4.07. The summed E-state index contributed by atoms with van der Waals surface area (Å²) in [7, 11) is -1.63. The van der Waals surface area contributed by atoms with Crippen LogP contribution in [0.3, 0.4) is 0 Å². The summed E-state index contributed by atoms with van der Waals surface area (Å²) in [6, 6.07) is 7.76. The van der Waals surface area contributed by atoms with Crippen molar-refractivity contribution in [2.45, 2.75) is 19.6 Å². The Kier molecular flexibility index (Phi) is 4.58. The molecular weight excluding hydrogens is 228 g/mol. The zero-order valence-corrected chi connectivity index (χ0v) is 11.8. The Balaban J connectivity index is 2.88. The molecule has 0 radical (unpaired) electrons. The smallest absolute Gasteiger partial charge is 0.242 e. The van der Waals surface area contributed by atoms with Gasteiger partial charge in [-0.25, -0.2) is 0 Å². The zero-order valence-electron chi connectivity index (χ0n) is 10.8. The van der Waals surface area contributed by atoms with Gasteiger partial charge in [0.25, 0.3) is 0 Å². The van der Waals surface area contributed by atoms with Crippen molar-refractivity contribution in [3.05, 3.63) is 49.1 Å². The van der Waals surface area contributed by atoms with E-state index in [9.17, 15) is 0 Å². The number of rotatable bonds is 6. The number of benzene rings is 1. The van der Waals surface area contributed by atoms with Crippen LogP contribution in [-0.4, -0.2) is 14.9 Å².